The van der Waals surface area contributed by atoms with Gasteiger partial charge in [-0.15, -0.1) is 0 Å². The van der Waals surface area contributed by atoms with E-state index >= 15 is 0 Å². The van der Waals surface area contributed by atoms with Gasteiger partial charge in [0.1, 0.15) is 11.6 Å². The molecule has 0 spiro atoms. The zero-order valence-electron chi connectivity index (χ0n) is 9.53. The molecule has 1 aliphatic carbocycles. The zero-order chi connectivity index (χ0) is 12.6. The first-order valence-electron chi connectivity index (χ1n) is 5.62. The van der Waals surface area contributed by atoms with Gasteiger partial charge in [0.2, 0.25) is 0 Å². The topological polar surface area (TPSA) is 43.1 Å². The van der Waals surface area contributed by atoms with E-state index in [0.29, 0.717) is 6.42 Å². The second-order valence-corrected chi connectivity index (χ2v) is 6.15. The van der Waals surface area contributed by atoms with Gasteiger partial charge >= 0.3 is 0 Å². The Morgan fingerprint density at radius 3 is 2.65 bits per heavy atom. The first-order chi connectivity index (χ1) is 8.00. The summed E-state index contributed by atoms with van der Waals surface area (Å²) >= 11 is 0. The van der Waals surface area contributed by atoms with E-state index in [-0.39, 0.29) is 22.1 Å². The summed E-state index contributed by atoms with van der Waals surface area (Å²) in [6.07, 6.45) is 1.49. The summed E-state index contributed by atoms with van der Waals surface area (Å²) in [5.41, 5.74) is 5.85. The molecule has 1 aromatic rings. The monoisotopic (exact) mass is 259 g/mol. The molecule has 1 saturated carbocycles. The molecule has 2 rings (SSSR count). The summed E-state index contributed by atoms with van der Waals surface area (Å²) in [6, 6.07) is 3.06. The summed E-state index contributed by atoms with van der Waals surface area (Å²) in [5.74, 6) is -1.11. The van der Waals surface area contributed by atoms with Crippen LogP contribution < -0.4 is 5.73 Å². The van der Waals surface area contributed by atoms with Crippen molar-refractivity contribution in [1.82, 2.24) is 0 Å². The largest absolute Gasteiger partial charge is 0.327 e. The summed E-state index contributed by atoms with van der Waals surface area (Å²) in [6.45, 7) is 1.91. The van der Waals surface area contributed by atoms with Crippen LogP contribution in [0.3, 0.4) is 0 Å². The normalized spacial score (nSPS) is 30.5. The average molecular weight is 259 g/mol. The molecule has 0 heterocycles. The molecule has 4 atom stereocenters. The molecular formula is C12H15F2NOS. The molecule has 5 heteroatoms. The lowest BCUT2D eigenvalue weighted by molar-refractivity contribution is 0.523. The summed E-state index contributed by atoms with van der Waals surface area (Å²) in [7, 11) is -1.53. The maximum atomic E-state index is 13.5. The van der Waals surface area contributed by atoms with Crippen LogP contribution in [0.1, 0.15) is 19.8 Å². The van der Waals surface area contributed by atoms with Crippen LogP contribution in [-0.4, -0.2) is 15.5 Å². The number of benzene rings is 1. The van der Waals surface area contributed by atoms with Crippen molar-refractivity contribution in [2.45, 2.75) is 36.0 Å². The fraction of sp³-hybridized carbons (Fsp3) is 0.500. The molecule has 1 fully saturated rings. The Balaban J connectivity index is 2.28. The molecular weight excluding hydrogens is 244 g/mol. The van der Waals surface area contributed by atoms with Crippen LogP contribution in [0.4, 0.5) is 8.78 Å². The Hall–Kier alpha value is -0.810. The second-order valence-electron chi connectivity index (χ2n) is 4.51. The van der Waals surface area contributed by atoms with Crippen molar-refractivity contribution in [3.05, 3.63) is 29.8 Å². The molecule has 4 unspecified atom stereocenters. The minimum Gasteiger partial charge on any atom is -0.327 e. The van der Waals surface area contributed by atoms with E-state index < -0.39 is 22.4 Å². The lowest BCUT2D eigenvalue weighted by Crippen LogP contribution is -2.29. The van der Waals surface area contributed by atoms with Gasteiger partial charge in [-0.25, -0.2) is 8.78 Å². The summed E-state index contributed by atoms with van der Waals surface area (Å²) in [4.78, 5) is -0.0454. The maximum absolute atomic E-state index is 13.5. The number of hydrogen-bond acceptors (Lipinski definition) is 2. The van der Waals surface area contributed by atoms with Crippen molar-refractivity contribution in [2.75, 3.05) is 0 Å². The van der Waals surface area contributed by atoms with Crippen LogP contribution in [-0.2, 0) is 10.8 Å². The highest BCUT2D eigenvalue weighted by Crippen LogP contribution is 2.32. The Labute approximate surface area is 102 Å². The highest BCUT2D eigenvalue weighted by atomic mass is 32.2. The Morgan fingerprint density at radius 1 is 1.35 bits per heavy atom. The van der Waals surface area contributed by atoms with Crippen molar-refractivity contribution < 1.29 is 13.0 Å². The molecule has 0 amide bonds. The number of hydrogen-bond donors (Lipinski definition) is 1. The molecule has 17 heavy (non-hydrogen) atoms. The van der Waals surface area contributed by atoms with Crippen molar-refractivity contribution in [3.63, 3.8) is 0 Å². The third-order valence-electron chi connectivity index (χ3n) is 3.43. The van der Waals surface area contributed by atoms with E-state index in [4.69, 9.17) is 5.73 Å². The standard InChI is InChI=1S/C12H15F2NOS/c1-7-10(15)4-5-11(7)17(16)12-6-8(13)2-3-9(12)14/h2-3,6-7,10-11H,4-5,15H2,1H3. The molecule has 0 aromatic heterocycles. The van der Waals surface area contributed by atoms with E-state index in [1.807, 2.05) is 6.92 Å². The molecule has 1 aliphatic rings. The van der Waals surface area contributed by atoms with Crippen molar-refractivity contribution in [1.29, 1.82) is 0 Å². The fourth-order valence-electron chi connectivity index (χ4n) is 2.25. The van der Waals surface area contributed by atoms with Crippen LogP contribution >= 0.6 is 0 Å². The van der Waals surface area contributed by atoms with Gasteiger partial charge in [-0.05, 0) is 37.0 Å². The third-order valence-corrected chi connectivity index (χ3v) is 5.39. The highest BCUT2D eigenvalue weighted by molar-refractivity contribution is 7.85. The second kappa shape index (κ2) is 4.82. The van der Waals surface area contributed by atoms with E-state index in [2.05, 4.69) is 0 Å². The van der Waals surface area contributed by atoms with Crippen LogP contribution in [0.25, 0.3) is 0 Å². The lowest BCUT2D eigenvalue weighted by Gasteiger charge is -2.17. The van der Waals surface area contributed by atoms with Crippen molar-refractivity contribution >= 4 is 10.8 Å². The quantitative estimate of drug-likeness (QED) is 0.884. The number of nitrogens with two attached hydrogens (primary N) is 1. The van der Waals surface area contributed by atoms with Gasteiger partial charge in [-0.2, -0.15) is 0 Å². The van der Waals surface area contributed by atoms with E-state index in [1.165, 1.54) is 0 Å². The van der Waals surface area contributed by atoms with Crippen LogP contribution in [0.15, 0.2) is 23.1 Å². The van der Waals surface area contributed by atoms with Crippen molar-refractivity contribution in [2.24, 2.45) is 11.7 Å². The van der Waals surface area contributed by atoms with Gasteiger partial charge in [0.25, 0.3) is 0 Å². The van der Waals surface area contributed by atoms with Gasteiger partial charge in [-0.3, -0.25) is 4.21 Å². The molecule has 1 aromatic carbocycles. The molecule has 0 saturated heterocycles. The Bertz CT molecular complexity index is 452. The molecule has 94 valence electrons. The summed E-state index contributed by atoms with van der Waals surface area (Å²) in [5, 5.41) is -0.179. The van der Waals surface area contributed by atoms with E-state index in [9.17, 15) is 13.0 Å². The minimum absolute atomic E-state index is 0.000528. The van der Waals surface area contributed by atoms with Gasteiger partial charge < -0.3 is 5.73 Å². The molecule has 0 radical (unpaired) electrons. The molecule has 0 aliphatic heterocycles. The maximum Gasteiger partial charge on any atom is 0.139 e. The Kier molecular flexibility index (Phi) is 3.58. The van der Waals surface area contributed by atoms with Crippen LogP contribution in [0.2, 0.25) is 0 Å². The zero-order valence-corrected chi connectivity index (χ0v) is 10.3. The lowest BCUT2D eigenvalue weighted by atomic mass is 10.1. The van der Waals surface area contributed by atoms with Gasteiger partial charge in [0.05, 0.1) is 15.7 Å². The molecule has 2 N–H and O–H groups in total. The van der Waals surface area contributed by atoms with Gasteiger partial charge in [0.15, 0.2) is 0 Å². The Morgan fingerprint density at radius 2 is 2.06 bits per heavy atom. The van der Waals surface area contributed by atoms with Crippen LogP contribution in [0.5, 0.6) is 0 Å². The molecule has 2 nitrogen and oxygen atoms in total. The van der Waals surface area contributed by atoms with Crippen LogP contribution in [0, 0.1) is 17.6 Å². The third kappa shape index (κ3) is 2.40. The fourth-order valence-corrected chi connectivity index (χ4v) is 4.01. The van der Waals surface area contributed by atoms with E-state index in [0.717, 1.165) is 24.6 Å². The first kappa shape index (κ1) is 12.6. The predicted molar refractivity (Wildman–Crippen MR) is 62.9 cm³/mol. The van der Waals surface area contributed by atoms with Gasteiger partial charge in [-0.1, -0.05) is 6.92 Å². The minimum atomic E-state index is -1.53. The predicted octanol–water partition coefficient (Wildman–Crippen LogP) is 2.20. The van der Waals surface area contributed by atoms with E-state index in [1.54, 1.807) is 0 Å². The highest BCUT2D eigenvalue weighted by Gasteiger charge is 2.35. The smallest absolute Gasteiger partial charge is 0.139 e. The number of rotatable bonds is 2. The number of halogens is 2. The average Bonchev–Trinajstić information content (AvgIpc) is 2.62. The summed E-state index contributed by atoms with van der Waals surface area (Å²) < 4.78 is 38.8. The molecule has 0 bridgehead atoms. The van der Waals surface area contributed by atoms with Gasteiger partial charge in [0, 0.05) is 11.3 Å². The first-order valence-corrected chi connectivity index (χ1v) is 6.83. The van der Waals surface area contributed by atoms with Crippen molar-refractivity contribution in [3.8, 4) is 0 Å². The SMILES string of the molecule is CC1C(N)CCC1S(=O)c1cc(F)ccc1F.